The molecule has 0 aliphatic heterocycles. The molecule has 0 aliphatic carbocycles. The van der Waals surface area contributed by atoms with Gasteiger partial charge < -0.3 is 9.67 Å². The van der Waals surface area contributed by atoms with Crippen LogP contribution in [0.2, 0.25) is 0 Å². The second-order valence-corrected chi connectivity index (χ2v) is 5.88. The number of carboxylic acid groups (broad SMARTS) is 1. The van der Waals surface area contributed by atoms with Crippen LogP contribution in [0, 0.1) is 5.92 Å². The molecule has 6 heteroatoms. The van der Waals surface area contributed by atoms with E-state index in [9.17, 15) is 4.79 Å². The number of thioether (sulfide) groups is 1. The summed E-state index contributed by atoms with van der Waals surface area (Å²) in [5, 5.41) is 9.62. The van der Waals surface area contributed by atoms with Crippen LogP contribution >= 0.6 is 11.8 Å². The molecule has 0 saturated carbocycles. The Labute approximate surface area is 122 Å². The number of nitrogens with zero attached hydrogens (tertiary/aromatic N) is 3. The van der Waals surface area contributed by atoms with Gasteiger partial charge in [-0.05, 0) is 18.9 Å². The molecule has 2 atom stereocenters. The maximum absolute atomic E-state index is 10.8. The molecule has 0 amide bonds. The summed E-state index contributed by atoms with van der Waals surface area (Å²) in [4.78, 5) is 19.4. The lowest BCUT2D eigenvalue weighted by atomic mass is 10.0. The van der Waals surface area contributed by atoms with Crippen molar-refractivity contribution in [1.29, 1.82) is 0 Å². The van der Waals surface area contributed by atoms with Crippen LogP contribution in [-0.2, 0) is 4.79 Å². The van der Waals surface area contributed by atoms with Gasteiger partial charge in [0.15, 0.2) is 5.16 Å². The van der Waals surface area contributed by atoms with Crippen LogP contribution < -0.4 is 0 Å². The molecule has 0 aliphatic rings. The van der Waals surface area contributed by atoms with Crippen molar-refractivity contribution in [1.82, 2.24) is 14.5 Å². The van der Waals surface area contributed by atoms with E-state index < -0.39 is 5.97 Å². The van der Waals surface area contributed by atoms with E-state index in [2.05, 4.69) is 35.3 Å². The summed E-state index contributed by atoms with van der Waals surface area (Å²) in [6.07, 6.45) is 4.53. The molecule has 1 N–H and O–H groups in total. The molecule has 0 aromatic carbocycles. The second-order valence-electron chi connectivity index (χ2n) is 4.94. The molecule has 0 fully saturated rings. The highest BCUT2D eigenvalue weighted by Crippen LogP contribution is 2.31. The van der Waals surface area contributed by atoms with Crippen LogP contribution in [0.1, 0.15) is 33.2 Å². The van der Waals surface area contributed by atoms with E-state index in [1.807, 2.05) is 6.07 Å². The number of hydrogen-bond acceptors (Lipinski definition) is 4. The lowest BCUT2D eigenvalue weighted by Gasteiger charge is -2.22. The van der Waals surface area contributed by atoms with Gasteiger partial charge in [0.05, 0.1) is 17.5 Å². The Hall–Kier alpha value is -1.56. The Morgan fingerprint density at radius 2 is 2.25 bits per heavy atom. The van der Waals surface area contributed by atoms with E-state index in [1.165, 1.54) is 11.8 Å². The van der Waals surface area contributed by atoms with Crippen molar-refractivity contribution in [2.24, 2.45) is 5.92 Å². The molecule has 2 aromatic rings. The molecular formula is C14H19N3O2S. The Bertz CT molecular complexity index is 611. The van der Waals surface area contributed by atoms with Crippen molar-refractivity contribution >= 4 is 28.8 Å². The lowest BCUT2D eigenvalue weighted by Crippen LogP contribution is -2.15. The maximum Gasteiger partial charge on any atom is 0.313 e. The fourth-order valence-corrected chi connectivity index (χ4v) is 2.97. The van der Waals surface area contributed by atoms with E-state index in [0.717, 1.165) is 22.6 Å². The summed E-state index contributed by atoms with van der Waals surface area (Å²) >= 11 is 1.26. The quantitative estimate of drug-likeness (QED) is 0.828. The third kappa shape index (κ3) is 2.95. The predicted molar refractivity (Wildman–Crippen MR) is 80.1 cm³/mol. The van der Waals surface area contributed by atoms with Gasteiger partial charge in [0.2, 0.25) is 0 Å². The van der Waals surface area contributed by atoms with Crippen molar-refractivity contribution in [3.63, 3.8) is 0 Å². The molecule has 0 bridgehead atoms. The van der Waals surface area contributed by atoms with Crippen molar-refractivity contribution in [3.05, 3.63) is 18.5 Å². The molecule has 0 spiro atoms. The molecule has 0 saturated heterocycles. The summed E-state index contributed by atoms with van der Waals surface area (Å²) in [7, 11) is 0. The first-order valence-corrected chi connectivity index (χ1v) is 7.69. The summed E-state index contributed by atoms with van der Waals surface area (Å²) in [5.41, 5.74) is 1.83. The number of carboxylic acids is 1. The van der Waals surface area contributed by atoms with Gasteiger partial charge in [-0.3, -0.25) is 9.78 Å². The molecule has 2 rings (SSSR count). The average molecular weight is 293 g/mol. The first kappa shape index (κ1) is 14.8. The number of fused-ring (bicyclic) bond motifs is 1. The van der Waals surface area contributed by atoms with Gasteiger partial charge in [0, 0.05) is 12.2 Å². The number of rotatable bonds is 6. The molecule has 2 aromatic heterocycles. The van der Waals surface area contributed by atoms with Gasteiger partial charge in [0.25, 0.3) is 0 Å². The minimum atomic E-state index is -0.831. The Kier molecular flexibility index (Phi) is 4.65. The Morgan fingerprint density at radius 3 is 2.90 bits per heavy atom. The molecular weight excluding hydrogens is 274 g/mol. The van der Waals surface area contributed by atoms with E-state index in [1.54, 1.807) is 12.4 Å². The number of hydrogen-bond donors (Lipinski definition) is 1. The lowest BCUT2D eigenvalue weighted by molar-refractivity contribution is -0.133. The largest absolute Gasteiger partial charge is 0.481 e. The van der Waals surface area contributed by atoms with Crippen LogP contribution in [0.25, 0.3) is 11.0 Å². The highest BCUT2D eigenvalue weighted by atomic mass is 32.2. The van der Waals surface area contributed by atoms with Gasteiger partial charge in [-0.2, -0.15) is 0 Å². The zero-order valence-electron chi connectivity index (χ0n) is 11.9. The van der Waals surface area contributed by atoms with E-state index >= 15 is 0 Å². The van der Waals surface area contributed by atoms with Crippen LogP contribution in [0.4, 0.5) is 0 Å². The number of aromatic nitrogens is 3. The number of pyridine rings is 1. The number of imidazole rings is 1. The normalized spacial score (nSPS) is 14.3. The molecule has 0 radical (unpaired) electrons. The van der Waals surface area contributed by atoms with Gasteiger partial charge in [0.1, 0.15) is 5.52 Å². The van der Waals surface area contributed by atoms with Crippen LogP contribution in [0.15, 0.2) is 23.6 Å². The molecule has 2 unspecified atom stereocenters. The van der Waals surface area contributed by atoms with Gasteiger partial charge in [-0.15, -0.1) is 0 Å². The topological polar surface area (TPSA) is 68.0 Å². The third-order valence-electron chi connectivity index (χ3n) is 3.66. The Morgan fingerprint density at radius 1 is 1.50 bits per heavy atom. The van der Waals surface area contributed by atoms with Crippen molar-refractivity contribution in [2.45, 2.75) is 38.4 Å². The zero-order valence-corrected chi connectivity index (χ0v) is 12.7. The van der Waals surface area contributed by atoms with E-state index in [4.69, 9.17) is 5.11 Å². The highest BCUT2D eigenvalue weighted by molar-refractivity contribution is 7.99. The number of carbonyl (C=O) groups is 1. The highest BCUT2D eigenvalue weighted by Gasteiger charge is 2.20. The minimum Gasteiger partial charge on any atom is -0.481 e. The van der Waals surface area contributed by atoms with Crippen LogP contribution in [0.5, 0.6) is 0 Å². The summed E-state index contributed by atoms with van der Waals surface area (Å²) < 4.78 is 2.14. The van der Waals surface area contributed by atoms with Gasteiger partial charge in [-0.1, -0.05) is 32.0 Å². The van der Waals surface area contributed by atoms with Crippen molar-refractivity contribution < 1.29 is 9.90 Å². The van der Waals surface area contributed by atoms with E-state index in [-0.39, 0.29) is 11.8 Å². The SMILES string of the molecule is CCC(C)C(C)n1c(SCC(=O)O)nc2cnccc21. The minimum absolute atomic E-state index is 0.0178. The van der Waals surface area contributed by atoms with Gasteiger partial charge >= 0.3 is 5.97 Å². The van der Waals surface area contributed by atoms with Crippen molar-refractivity contribution in [3.8, 4) is 0 Å². The molecule has 108 valence electrons. The monoisotopic (exact) mass is 293 g/mol. The third-order valence-corrected chi connectivity index (χ3v) is 4.60. The van der Waals surface area contributed by atoms with Gasteiger partial charge in [-0.25, -0.2) is 4.98 Å². The van der Waals surface area contributed by atoms with Crippen LogP contribution in [0.3, 0.4) is 0 Å². The fourth-order valence-electron chi connectivity index (χ4n) is 2.15. The second kappa shape index (κ2) is 6.26. The first-order chi connectivity index (χ1) is 9.54. The fraction of sp³-hybridized carbons (Fsp3) is 0.500. The molecule has 20 heavy (non-hydrogen) atoms. The zero-order chi connectivity index (χ0) is 14.7. The predicted octanol–water partition coefficient (Wildman–Crippen LogP) is 3.22. The molecule has 2 heterocycles. The average Bonchev–Trinajstić information content (AvgIpc) is 2.81. The van der Waals surface area contributed by atoms with Crippen LogP contribution in [-0.4, -0.2) is 31.4 Å². The molecule has 5 nitrogen and oxygen atoms in total. The summed E-state index contributed by atoms with van der Waals surface area (Å²) in [5.74, 6) is -0.322. The standard InChI is InChI=1S/C14H19N3O2S/c1-4-9(2)10(3)17-12-5-6-15-7-11(12)16-14(17)20-8-13(18)19/h5-7,9-10H,4,8H2,1-3H3,(H,18,19). The first-order valence-electron chi connectivity index (χ1n) is 6.71. The summed E-state index contributed by atoms with van der Waals surface area (Å²) in [6.45, 7) is 6.51. The number of aliphatic carboxylic acids is 1. The van der Waals surface area contributed by atoms with Crippen molar-refractivity contribution in [2.75, 3.05) is 5.75 Å². The van der Waals surface area contributed by atoms with E-state index in [0.29, 0.717) is 5.92 Å². The smallest absolute Gasteiger partial charge is 0.313 e. The Balaban J connectivity index is 2.46. The summed E-state index contributed by atoms with van der Waals surface area (Å²) in [6, 6.07) is 2.20. The maximum atomic E-state index is 10.8.